The van der Waals surface area contributed by atoms with Gasteiger partial charge >= 0.3 is 0 Å². The molecule has 0 aliphatic heterocycles. The first-order valence-electron chi connectivity index (χ1n) is 4.72. The second-order valence-corrected chi connectivity index (χ2v) is 4.68. The van der Waals surface area contributed by atoms with Gasteiger partial charge in [0.2, 0.25) is 0 Å². The zero-order valence-electron chi connectivity index (χ0n) is 8.96. The average Bonchev–Trinajstić information content (AvgIpc) is 2.28. The molecule has 84 valence electrons. The van der Waals surface area contributed by atoms with Gasteiger partial charge in [0, 0.05) is 22.0 Å². The summed E-state index contributed by atoms with van der Waals surface area (Å²) in [5.74, 6) is 0.750. The minimum atomic E-state index is -0.463. The van der Waals surface area contributed by atoms with Gasteiger partial charge in [0.05, 0.1) is 13.7 Å². The molecule has 0 aromatic heterocycles. The summed E-state index contributed by atoms with van der Waals surface area (Å²) in [7, 11) is 1.61. The van der Waals surface area contributed by atoms with E-state index in [1.54, 1.807) is 7.11 Å². The summed E-state index contributed by atoms with van der Waals surface area (Å²) in [6.45, 7) is 2.28. The molecule has 0 spiro atoms. The van der Waals surface area contributed by atoms with E-state index in [0.29, 0.717) is 6.54 Å². The third-order valence-electron chi connectivity index (χ3n) is 2.61. The third kappa shape index (κ3) is 2.51. The molecule has 1 aromatic carbocycles. The number of hydrogen-bond acceptors (Lipinski definition) is 3. The Labute approximate surface area is 98.4 Å². The Balaban J connectivity index is 3.26. The van der Waals surface area contributed by atoms with Crippen molar-refractivity contribution in [3.8, 4) is 5.75 Å². The molecule has 0 amide bonds. The largest absolute Gasteiger partial charge is 0.496 e. The number of ether oxygens (including phenoxy) is 1. The van der Waals surface area contributed by atoms with E-state index in [4.69, 9.17) is 10.5 Å². The number of hydrogen-bond donors (Lipinski definition) is 2. The fourth-order valence-corrected chi connectivity index (χ4v) is 1.77. The van der Waals surface area contributed by atoms with Gasteiger partial charge < -0.3 is 15.6 Å². The van der Waals surface area contributed by atoms with Crippen LogP contribution in [0.25, 0.3) is 0 Å². The van der Waals surface area contributed by atoms with Crippen molar-refractivity contribution in [2.45, 2.75) is 12.3 Å². The van der Waals surface area contributed by atoms with Crippen LogP contribution in [0.4, 0.5) is 0 Å². The Kier molecular flexibility index (Phi) is 4.13. The van der Waals surface area contributed by atoms with E-state index >= 15 is 0 Å². The van der Waals surface area contributed by atoms with Crippen molar-refractivity contribution >= 4 is 15.9 Å². The summed E-state index contributed by atoms with van der Waals surface area (Å²) in [6, 6.07) is 5.70. The maximum absolute atomic E-state index is 9.40. The summed E-state index contributed by atoms with van der Waals surface area (Å²) >= 11 is 3.40. The van der Waals surface area contributed by atoms with Crippen LogP contribution in [0.3, 0.4) is 0 Å². The van der Waals surface area contributed by atoms with Crippen LogP contribution in [-0.2, 0) is 5.41 Å². The highest BCUT2D eigenvalue weighted by Gasteiger charge is 2.27. The highest BCUT2D eigenvalue weighted by atomic mass is 79.9. The zero-order chi connectivity index (χ0) is 11.5. The molecule has 0 aliphatic rings. The van der Waals surface area contributed by atoms with Crippen LogP contribution in [0.1, 0.15) is 12.5 Å². The van der Waals surface area contributed by atoms with Gasteiger partial charge in [-0.3, -0.25) is 0 Å². The van der Waals surface area contributed by atoms with Gasteiger partial charge in [-0.25, -0.2) is 0 Å². The lowest BCUT2D eigenvalue weighted by Crippen LogP contribution is -2.35. The molecule has 0 bridgehead atoms. The summed E-state index contributed by atoms with van der Waals surface area (Å²) in [6.07, 6.45) is 0. The van der Waals surface area contributed by atoms with Gasteiger partial charge in [-0.15, -0.1) is 0 Å². The molecule has 1 aromatic rings. The molecule has 15 heavy (non-hydrogen) atoms. The molecule has 0 fully saturated rings. The Hall–Kier alpha value is -0.580. The van der Waals surface area contributed by atoms with Crippen molar-refractivity contribution < 1.29 is 9.84 Å². The van der Waals surface area contributed by atoms with Crippen LogP contribution in [0.5, 0.6) is 5.75 Å². The summed E-state index contributed by atoms with van der Waals surface area (Å²) in [5.41, 5.74) is 6.15. The predicted octanol–water partition coefficient (Wildman–Crippen LogP) is 1.67. The van der Waals surface area contributed by atoms with Gasteiger partial charge in [0.1, 0.15) is 5.75 Å². The second kappa shape index (κ2) is 4.96. The van der Waals surface area contributed by atoms with Crippen LogP contribution < -0.4 is 10.5 Å². The molecule has 0 saturated heterocycles. The smallest absolute Gasteiger partial charge is 0.122 e. The van der Waals surface area contributed by atoms with E-state index in [1.165, 1.54) is 0 Å². The average molecular weight is 274 g/mol. The van der Waals surface area contributed by atoms with Crippen molar-refractivity contribution in [2.75, 3.05) is 20.3 Å². The van der Waals surface area contributed by atoms with Crippen LogP contribution >= 0.6 is 15.9 Å². The van der Waals surface area contributed by atoms with Gasteiger partial charge in [-0.05, 0) is 18.2 Å². The van der Waals surface area contributed by atoms with Crippen molar-refractivity contribution in [3.05, 3.63) is 28.2 Å². The first-order chi connectivity index (χ1) is 7.07. The lowest BCUT2D eigenvalue weighted by Gasteiger charge is -2.27. The van der Waals surface area contributed by atoms with Crippen LogP contribution in [0.15, 0.2) is 22.7 Å². The van der Waals surface area contributed by atoms with Gasteiger partial charge in [-0.2, -0.15) is 0 Å². The van der Waals surface area contributed by atoms with Crippen molar-refractivity contribution in [3.63, 3.8) is 0 Å². The maximum Gasteiger partial charge on any atom is 0.122 e. The number of nitrogens with two attached hydrogens (primary N) is 1. The molecular formula is C11H16BrNO2. The van der Waals surface area contributed by atoms with Gasteiger partial charge in [-0.1, -0.05) is 22.9 Å². The molecule has 0 aliphatic carbocycles. The highest BCUT2D eigenvalue weighted by Crippen LogP contribution is 2.33. The van der Waals surface area contributed by atoms with E-state index in [9.17, 15) is 5.11 Å². The molecule has 4 heteroatoms. The summed E-state index contributed by atoms with van der Waals surface area (Å²) in [5, 5.41) is 9.40. The topological polar surface area (TPSA) is 55.5 Å². The fourth-order valence-electron chi connectivity index (χ4n) is 1.41. The molecule has 0 heterocycles. The fraction of sp³-hybridized carbons (Fsp3) is 0.455. The van der Waals surface area contributed by atoms with E-state index in [1.807, 2.05) is 25.1 Å². The molecule has 3 nitrogen and oxygen atoms in total. The second-order valence-electron chi connectivity index (χ2n) is 3.77. The molecule has 0 saturated carbocycles. The van der Waals surface area contributed by atoms with Gasteiger partial charge in [0.25, 0.3) is 0 Å². The monoisotopic (exact) mass is 273 g/mol. The van der Waals surface area contributed by atoms with Crippen molar-refractivity contribution in [1.82, 2.24) is 0 Å². The highest BCUT2D eigenvalue weighted by molar-refractivity contribution is 9.10. The first-order valence-corrected chi connectivity index (χ1v) is 5.51. The van der Waals surface area contributed by atoms with Crippen molar-refractivity contribution in [2.24, 2.45) is 5.73 Å². The van der Waals surface area contributed by atoms with Crippen LogP contribution in [0, 0.1) is 0 Å². The summed E-state index contributed by atoms with van der Waals surface area (Å²) in [4.78, 5) is 0. The zero-order valence-corrected chi connectivity index (χ0v) is 10.5. The lowest BCUT2D eigenvalue weighted by molar-refractivity contribution is 0.206. The van der Waals surface area contributed by atoms with E-state index in [-0.39, 0.29) is 6.61 Å². The predicted molar refractivity (Wildman–Crippen MR) is 64.2 cm³/mol. The number of aliphatic hydroxyl groups excluding tert-OH is 1. The molecule has 1 rings (SSSR count). The van der Waals surface area contributed by atoms with Gasteiger partial charge in [0.15, 0.2) is 0 Å². The van der Waals surface area contributed by atoms with Crippen LogP contribution in [-0.4, -0.2) is 25.4 Å². The number of halogens is 1. The maximum atomic E-state index is 9.40. The van der Waals surface area contributed by atoms with E-state index in [0.717, 1.165) is 15.8 Å². The van der Waals surface area contributed by atoms with E-state index < -0.39 is 5.41 Å². The minimum Gasteiger partial charge on any atom is -0.496 e. The molecule has 1 atom stereocenters. The number of rotatable bonds is 4. The van der Waals surface area contributed by atoms with Crippen LogP contribution in [0.2, 0.25) is 0 Å². The standard InChI is InChI=1S/C11H16BrNO2/c1-11(6-13,7-14)9-5-8(12)3-4-10(9)15-2/h3-5,14H,6-7,13H2,1-2H3. The Bertz CT molecular complexity index is 337. The molecule has 1 unspecified atom stereocenters. The molecular weight excluding hydrogens is 258 g/mol. The summed E-state index contributed by atoms with van der Waals surface area (Å²) < 4.78 is 6.21. The molecule has 0 radical (unpaired) electrons. The van der Waals surface area contributed by atoms with Crippen molar-refractivity contribution in [1.29, 1.82) is 0 Å². The minimum absolute atomic E-state index is 0.00366. The van der Waals surface area contributed by atoms with E-state index in [2.05, 4.69) is 15.9 Å². The number of aliphatic hydroxyl groups is 1. The SMILES string of the molecule is COc1ccc(Br)cc1C(C)(CN)CO. The Morgan fingerprint density at radius 2 is 2.20 bits per heavy atom. The Morgan fingerprint density at radius 1 is 1.53 bits per heavy atom. The molecule has 3 N–H and O–H groups in total. The number of methoxy groups -OCH3 is 1. The first kappa shape index (κ1) is 12.5. The lowest BCUT2D eigenvalue weighted by atomic mass is 9.83. The quantitative estimate of drug-likeness (QED) is 0.878. The normalized spacial score (nSPS) is 14.7. The Morgan fingerprint density at radius 3 is 2.67 bits per heavy atom. The number of benzene rings is 1. The third-order valence-corrected chi connectivity index (χ3v) is 3.10.